The van der Waals surface area contributed by atoms with Crippen LogP contribution in [0.2, 0.25) is 0 Å². The third kappa shape index (κ3) is 7.30. The molecule has 0 heterocycles. The quantitative estimate of drug-likeness (QED) is 0.561. The van der Waals surface area contributed by atoms with Gasteiger partial charge in [0.15, 0.2) is 0 Å². The molecule has 0 aromatic heterocycles. The summed E-state index contributed by atoms with van der Waals surface area (Å²) in [6.45, 7) is 1.95. The summed E-state index contributed by atoms with van der Waals surface area (Å²) in [5, 5.41) is 0. The lowest BCUT2D eigenvalue weighted by Crippen LogP contribution is -2.26. The van der Waals surface area contributed by atoms with Crippen LogP contribution in [0.5, 0.6) is 0 Å². The van der Waals surface area contributed by atoms with Crippen molar-refractivity contribution in [2.24, 2.45) is 0 Å². The second-order valence-corrected chi connectivity index (χ2v) is 4.83. The van der Waals surface area contributed by atoms with Gasteiger partial charge in [-0.15, -0.1) is 0 Å². The highest BCUT2D eigenvalue weighted by Gasteiger charge is 2.23. The van der Waals surface area contributed by atoms with E-state index in [0.29, 0.717) is 0 Å². The zero-order valence-corrected chi connectivity index (χ0v) is 13.4. The summed E-state index contributed by atoms with van der Waals surface area (Å²) in [5.74, 6) is -1.21. The topological polar surface area (TPSA) is 88.1 Å². The summed E-state index contributed by atoms with van der Waals surface area (Å²) in [6.07, 6.45) is -2.49. The van der Waals surface area contributed by atoms with Crippen molar-refractivity contribution in [3.05, 3.63) is 35.4 Å². The molecule has 0 aliphatic rings. The van der Waals surface area contributed by atoms with Crippen LogP contribution in [0.3, 0.4) is 0 Å². The van der Waals surface area contributed by atoms with Crippen molar-refractivity contribution >= 4 is 18.1 Å². The lowest BCUT2D eigenvalue weighted by Gasteiger charge is -2.15. The van der Waals surface area contributed by atoms with Gasteiger partial charge < -0.3 is 18.9 Å². The first-order valence-electron chi connectivity index (χ1n) is 6.97. The molecule has 1 aromatic carbocycles. The van der Waals surface area contributed by atoms with Gasteiger partial charge in [0, 0.05) is 0 Å². The van der Waals surface area contributed by atoms with Gasteiger partial charge in [0.25, 0.3) is 0 Å². The molecule has 7 heteroatoms. The normalized spacial score (nSPS) is 10.1. The van der Waals surface area contributed by atoms with Crippen LogP contribution < -0.4 is 0 Å². The van der Waals surface area contributed by atoms with E-state index in [1.807, 2.05) is 25.1 Å². The van der Waals surface area contributed by atoms with Crippen LogP contribution in [-0.4, -0.2) is 38.4 Å². The predicted molar refractivity (Wildman–Crippen MR) is 79.5 cm³/mol. The van der Waals surface area contributed by atoms with E-state index in [1.54, 1.807) is 6.07 Å². The van der Waals surface area contributed by atoms with Crippen molar-refractivity contribution in [2.75, 3.05) is 14.2 Å². The van der Waals surface area contributed by atoms with Gasteiger partial charge in [-0.05, 0) is 12.5 Å². The summed E-state index contributed by atoms with van der Waals surface area (Å²) in [4.78, 5) is 34.3. The fraction of sp³-hybridized carbons (Fsp3) is 0.438. The second-order valence-electron chi connectivity index (χ2n) is 4.83. The third-order valence-electron chi connectivity index (χ3n) is 2.95. The molecule has 0 bridgehead atoms. The monoisotopic (exact) mass is 324 g/mol. The van der Waals surface area contributed by atoms with Gasteiger partial charge in [-0.25, -0.2) is 4.79 Å². The molecule has 0 radical (unpaired) electrons. The van der Waals surface area contributed by atoms with Crippen molar-refractivity contribution in [3.8, 4) is 0 Å². The lowest BCUT2D eigenvalue weighted by atomic mass is 10.1. The summed E-state index contributed by atoms with van der Waals surface area (Å²) in [7, 11) is 2.40. The third-order valence-corrected chi connectivity index (χ3v) is 2.95. The highest BCUT2D eigenvalue weighted by Crippen LogP contribution is 2.10. The Morgan fingerprint density at radius 1 is 1.04 bits per heavy atom. The number of hydrogen-bond donors (Lipinski definition) is 0. The molecule has 7 nitrogen and oxygen atoms in total. The molecule has 0 spiro atoms. The maximum absolute atomic E-state index is 11.7. The molecular weight excluding hydrogens is 304 g/mol. The van der Waals surface area contributed by atoms with E-state index in [1.165, 1.54) is 14.2 Å². The minimum atomic E-state index is -1.00. The van der Waals surface area contributed by atoms with Gasteiger partial charge in [0.1, 0.15) is 12.7 Å². The zero-order valence-electron chi connectivity index (χ0n) is 13.4. The van der Waals surface area contributed by atoms with Crippen LogP contribution in [0.1, 0.15) is 24.0 Å². The van der Waals surface area contributed by atoms with E-state index in [2.05, 4.69) is 9.47 Å². The first kappa shape index (κ1) is 18.5. The molecule has 0 saturated carbocycles. The number of ether oxygens (including phenoxy) is 4. The number of benzene rings is 1. The van der Waals surface area contributed by atoms with Gasteiger partial charge in [-0.3, -0.25) is 9.59 Å². The van der Waals surface area contributed by atoms with Crippen molar-refractivity contribution in [3.63, 3.8) is 0 Å². The highest BCUT2D eigenvalue weighted by atomic mass is 16.7. The molecule has 0 unspecified atom stereocenters. The maximum atomic E-state index is 11.7. The molecule has 0 saturated heterocycles. The number of methoxy groups -OCH3 is 2. The van der Waals surface area contributed by atoms with Crippen LogP contribution >= 0.6 is 0 Å². The molecule has 23 heavy (non-hydrogen) atoms. The van der Waals surface area contributed by atoms with E-state index >= 15 is 0 Å². The van der Waals surface area contributed by atoms with Gasteiger partial charge in [0.05, 0.1) is 27.1 Å². The summed E-state index contributed by atoms with van der Waals surface area (Å²) < 4.78 is 19.0. The minimum Gasteiger partial charge on any atom is -0.469 e. The van der Waals surface area contributed by atoms with Crippen LogP contribution in [0, 0.1) is 6.92 Å². The number of rotatable bonds is 7. The molecule has 0 aliphatic heterocycles. The number of esters is 2. The van der Waals surface area contributed by atoms with Gasteiger partial charge in [-0.1, -0.05) is 29.8 Å². The van der Waals surface area contributed by atoms with Crippen LogP contribution in [0.15, 0.2) is 24.3 Å². The fourth-order valence-electron chi connectivity index (χ4n) is 1.81. The molecule has 0 fully saturated rings. The minimum absolute atomic E-state index is 0.0314. The summed E-state index contributed by atoms with van der Waals surface area (Å²) >= 11 is 0. The lowest BCUT2D eigenvalue weighted by molar-refractivity contribution is -0.147. The average Bonchev–Trinajstić information content (AvgIpc) is 2.52. The Kier molecular flexibility index (Phi) is 7.59. The molecule has 126 valence electrons. The first-order chi connectivity index (χ1) is 10.9. The fourth-order valence-corrected chi connectivity index (χ4v) is 1.81. The SMILES string of the molecule is COC(=O)CC(CC(=O)OC)OC(=O)OCc1cccc(C)c1. The van der Waals surface area contributed by atoms with Crippen molar-refractivity contribution in [1.29, 1.82) is 0 Å². The smallest absolute Gasteiger partial charge is 0.469 e. The molecule has 0 amide bonds. The Morgan fingerprint density at radius 3 is 2.17 bits per heavy atom. The zero-order chi connectivity index (χ0) is 17.2. The van der Waals surface area contributed by atoms with Crippen LogP contribution in [-0.2, 0) is 35.1 Å². The van der Waals surface area contributed by atoms with E-state index in [0.717, 1.165) is 11.1 Å². The van der Waals surface area contributed by atoms with E-state index in [-0.39, 0.29) is 19.4 Å². The van der Waals surface area contributed by atoms with Gasteiger partial charge in [0.2, 0.25) is 0 Å². The van der Waals surface area contributed by atoms with E-state index in [4.69, 9.17) is 9.47 Å². The van der Waals surface area contributed by atoms with Crippen molar-refractivity contribution in [2.45, 2.75) is 32.5 Å². The van der Waals surface area contributed by atoms with E-state index in [9.17, 15) is 14.4 Å². The molecule has 0 N–H and O–H groups in total. The Hall–Kier alpha value is -2.57. The number of aryl methyl sites for hydroxylation is 1. The standard InChI is InChI=1S/C16H20O7/c1-11-5-4-6-12(7-11)10-22-16(19)23-13(8-14(17)20-2)9-15(18)21-3/h4-7,13H,8-10H2,1-3H3. The Labute approximate surface area is 134 Å². The molecule has 1 aromatic rings. The summed E-state index contributed by atoms with van der Waals surface area (Å²) in [6, 6.07) is 7.44. The van der Waals surface area contributed by atoms with Crippen LogP contribution in [0.25, 0.3) is 0 Å². The number of carbonyl (C=O) groups excluding carboxylic acids is 3. The number of carbonyl (C=O) groups is 3. The molecule has 0 aliphatic carbocycles. The van der Waals surface area contributed by atoms with Gasteiger partial charge >= 0.3 is 18.1 Å². The largest absolute Gasteiger partial charge is 0.508 e. The predicted octanol–water partition coefficient (Wildman–Crippen LogP) is 2.14. The number of hydrogen-bond acceptors (Lipinski definition) is 7. The van der Waals surface area contributed by atoms with Gasteiger partial charge in [-0.2, -0.15) is 0 Å². The van der Waals surface area contributed by atoms with Crippen LogP contribution in [0.4, 0.5) is 4.79 Å². The molecule has 0 atom stereocenters. The Bertz CT molecular complexity index is 535. The maximum Gasteiger partial charge on any atom is 0.508 e. The highest BCUT2D eigenvalue weighted by molar-refractivity contribution is 5.74. The molecular formula is C16H20O7. The second kappa shape index (κ2) is 9.45. The molecule has 1 rings (SSSR count). The van der Waals surface area contributed by atoms with Crippen molar-refractivity contribution < 1.29 is 33.3 Å². The Morgan fingerprint density at radius 2 is 1.65 bits per heavy atom. The van der Waals surface area contributed by atoms with E-state index < -0.39 is 24.2 Å². The average molecular weight is 324 g/mol. The Balaban J connectivity index is 2.54. The summed E-state index contributed by atoms with van der Waals surface area (Å²) in [5.41, 5.74) is 1.84. The first-order valence-corrected chi connectivity index (χ1v) is 6.97. The van der Waals surface area contributed by atoms with Crippen molar-refractivity contribution in [1.82, 2.24) is 0 Å².